The molecule has 0 spiro atoms. The normalized spacial score (nSPS) is 27.8. The predicted octanol–water partition coefficient (Wildman–Crippen LogP) is 1.67. The Morgan fingerprint density at radius 3 is 2.83 bits per heavy atom. The van der Waals surface area contributed by atoms with Gasteiger partial charge in [-0.2, -0.15) is 0 Å². The van der Waals surface area contributed by atoms with E-state index in [1.54, 1.807) is 6.33 Å². The first kappa shape index (κ1) is 13.5. The third kappa shape index (κ3) is 2.29. The molecular weight excluding hydrogens is 228 g/mol. The molecule has 0 radical (unpaired) electrons. The minimum atomic E-state index is 0.183. The summed E-state index contributed by atoms with van der Waals surface area (Å²) >= 11 is 0. The van der Waals surface area contributed by atoms with Gasteiger partial charge >= 0.3 is 0 Å². The second kappa shape index (κ2) is 4.97. The van der Waals surface area contributed by atoms with Gasteiger partial charge in [-0.3, -0.25) is 0 Å². The zero-order valence-electron chi connectivity index (χ0n) is 12.0. The van der Waals surface area contributed by atoms with Crippen LogP contribution in [0.4, 0.5) is 0 Å². The van der Waals surface area contributed by atoms with Crippen molar-refractivity contribution in [3.05, 3.63) is 12.2 Å². The van der Waals surface area contributed by atoms with Gasteiger partial charge in [0.1, 0.15) is 12.2 Å². The Balaban J connectivity index is 1.94. The van der Waals surface area contributed by atoms with Gasteiger partial charge < -0.3 is 14.6 Å². The van der Waals surface area contributed by atoms with Crippen LogP contribution < -0.4 is 5.32 Å². The van der Waals surface area contributed by atoms with Crippen molar-refractivity contribution in [2.75, 3.05) is 6.61 Å². The standard InChI is InChI=1S/C13H24N4O/c1-6-18-11-7-10(13(11,3)4)15-9(2)12-16-14-8-17(12)5/h8-11,15H,6-7H2,1-5H3. The molecule has 18 heavy (non-hydrogen) atoms. The summed E-state index contributed by atoms with van der Waals surface area (Å²) in [6.07, 6.45) is 3.18. The number of nitrogens with one attached hydrogen (secondary N) is 1. The fraction of sp³-hybridized carbons (Fsp3) is 0.846. The third-order valence-corrected chi connectivity index (χ3v) is 4.13. The molecule has 3 atom stereocenters. The fourth-order valence-corrected chi connectivity index (χ4v) is 2.71. The highest BCUT2D eigenvalue weighted by molar-refractivity contribution is 5.05. The minimum Gasteiger partial charge on any atom is -0.378 e. The summed E-state index contributed by atoms with van der Waals surface area (Å²) < 4.78 is 7.71. The van der Waals surface area contributed by atoms with Crippen molar-refractivity contribution >= 4 is 0 Å². The van der Waals surface area contributed by atoms with Gasteiger partial charge in [-0.05, 0) is 20.3 Å². The average molecular weight is 252 g/mol. The van der Waals surface area contributed by atoms with Gasteiger partial charge in [0.2, 0.25) is 0 Å². The van der Waals surface area contributed by atoms with E-state index in [4.69, 9.17) is 4.74 Å². The molecule has 0 aromatic carbocycles. The Morgan fingerprint density at radius 1 is 1.61 bits per heavy atom. The van der Waals surface area contributed by atoms with E-state index in [1.807, 2.05) is 11.6 Å². The Morgan fingerprint density at radius 2 is 2.33 bits per heavy atom. The van der Waals surface area contributed by atoms with Gasteiger partial charge in [-0.25, -0.2) is 0 Å². The smallest absolute Gasteiger partial charge is 0.149 e. The van der Waals surface area contributed by atoms with Crippen molar-refractivity contribution in [3.63, 3.8) is 0 Å². The van der Waals surface area contributed by atoms with Crippen molar-refractivity contribution in [2.24, 2.45) is 12.5 Å². The molecule has 1 aliphatic rings. The molecule has 1 aromatic rings. The molecule has 102 valence electrons. The maximum absolute atomic E-state index is 5.75. The highest BCUT2D eigenvalue weighted by Gasteiger charge is 2.49. The van der Waals surface area contributed by atoms with Crippen LogP contribution in [0, 0.1) is 5.41 Å². The average Bonchev–Trinajstić information content (AvgIpc) is 2.74. The first-order valence-electron chi connectivity index (χ1n) is 6.68. The lowest BCUT2D eigenvalue weighted by Gasteiger charge is -2.52. The molecule has 5 nitrogen and oxygen atoms in total. The topological polar surface area (TPSA) is 52.0 Å². The summed E-state index contributed by atoms with van der Waals surface area (Å²) in [6.45, 7) is 9.50. The summed E-state index contributed by atoms with van der Waals surface area (Å²) in [4.78, 5) is 0. The highest BCUT2D eigenvalue weighted by atomic mass is 16.5. The maximum Gasteiger partial charge on any atom is 0.149 e. The van der Waals surface area contributed by atoms with Crippen LogP contribution in [0.5, 0.6) is 0 Å². The molecule has 3 unspecified atom stereocenters. The predicted molar refractivity (Wildman–Crippen MR) is 70.2 cm³/mol. The zero-order chi connectivity index (χ0) is 13.3. The van der Waals surface area contributed by atoms with Crippen LogP contribution in [-0.4, -0.2) is 33.5 Å². The van der Waals surface area contributed by atoms with E-state index in [0.717, 1.165) is 18.9 Å². The number of hydrogen-bond donors (Lipinski definition) is 1. The number of nitrogens with zero attached hydrogens (tertiary/aromatic N) is 3. The van der Waals surface area contributed by atoms with Crippen LogP contribution in [0.3, 0.4) is 0 Å². The van der Waals surface area contributed by atoms with Crippen molar-refractivity contribution in [3.8, 4) is 0 Å². The molecule has 2 rings (SSSR count). The van der Waals surface area contributed by atoms with Crippen LogP contribution in [0.2, 0.25) is 0 Å². The summed E-state index contributed by atoms with van der Waals surface area (Å²) in [5.41, 5.74) is 0.183. The molecule has 1 aliphatic carbocycles. The molecule has 1 N–H and O–H groups in total. The van der Waals surface area contributed by atoms with E-state index in [-0.39, 0.29) is 11.5 Å². The fourth-order valence-electron chi connectivity index (χ4n) is 2.71. The Bertz CT molecular complexity index is 401. The quantitative estimate of drug-likeness (QED) is 0.866. The van der Waals surface area contributed by atoms with Crippen molar-refractivity contribution in [1.82, 2.24) is 20.1 Å². The number of rotatable bonds is 5. The molecule has 0 bridgehead atoms. The Labute approximate surface area is 109 Å². The summed E-state index contributed by atoms with van der Waals surface area (Å²) in [5, 5.41) is 11.7. The first-order chi connectivity index (χ1) is 8.46. The Hall–Kier alpha value is -0.940. The minimum absolute atomic E-state index is 0.183. The van der Waals surface area contributed by atoms with E-state index < -0.39 is 0 Å². The lowest BCUT2D eigenvalue weighted by Crippen LogP contribution is -2.61. The van der Waals surface area contributed by atoms with Crippen molar-refractivity contribution in [1.29, 1.82) is 0 Å². The molecule has 1 aromatic heterocycles. The zero-order valence-corrected chi connectivity index (χ0v) is 12.0. The molecule has 0 saturated heterocycles. The summed E-state index contributed by atoms with van der Waals surface area (Å²) in [5.74, 6) is 0.977. The second-order valence-electron chi connectivity index (χ2n) is 5.74. The largest absolute Gasteiger partial charge is 0.378 e. The first-order valence-corrected chi connectivity index (χ1v) is 6.68. The lowest BCUT2D eigenvalue weighted by atomic mass is 9.64. The van der Waals surface area contributed by atoms with Crippen LogP contribution in [0.25, 0.3) is 0 Å². The van der Waals surface area contributed by atoms with E-state index >= 15 is 0 Å². The van der Waals surface area contributed by atoms with Crippen LogP contribution >= 0.6 is 0 Å². The maximum atomic E-state index is 5.75. The van der Waals surface area contributed by atoms with Gasteiger partial charge in [0.25, 0.3) is 0 Å². The monoisotopic (exact) mass is 252 g/mol. The van der Waals surface area contributed by atoms with Gasteiger partial charge in [0, 0.05) is 25.1 Å². The van der Waals surface area contributed by atoms with Crippen molar-refractivity contribution < 1.29 is 4.74 Å². The molecule has 1 heterocycles. The van der Waals surface area contributed by atoms with Gasteiger partial charge in [0.05, 0.1) is 12.1 Å². The number of aromatic nitrogens is 3. The van der Waals surface area contributed by atoms with E-state index in [9.17, 15) is 0 Å². The Kier molecular flexibility index (Phi) is 3.73. The van der Waals surface area contributed by atoms with E-state index in [1.165, 1.54) is 0 Å². The molecule has 1 saturated carbocycles. The number of aryl methyl sites for hydroxylation is 1. The van der Waals surface area contributed by atoms with Crippen LogP contribution in [0.1, 0.15) is 46.0 Å². The van der Waals surface area contributed by atoms with Gasteiger partial charge in [0.15, 0.2) is 0 Å². The summed E-state index contributed by atoms with van der Waals surface area (Å²) in [7, 11) is 1.97. The van der Waals surface area contributed by atoms with Gasteiger partial charge in [-0.15, -0.1) is 10.2 Å². The highest BCUT2D eigenvalue weighted by Crippen LogP contribution is 2.43. The second-order valence-corrected chi connectivity index (χ2v) is 5.74. The molecule has 0 amide bonds. The van der Waals surface area contributed by atoms with Crippen LogP contribution in [0.15, 0.2) is 6.33 Å². The lowest BCUT2D eigenvalue weighted by molar-refractivity contribution is -0.116. The van der Waals surface area contributed by atoms with Gasteiger partial charge in [-0.1, -0.05) is 13.8 Å². The number of ether oxygens (including phenoxy) is 1. The molecule has 5 heteroatoms. The van der Waals surface area contributed by atoms with Crippen LogP contribution in [-0.2, 0) is 11.8 Å². The molecule has 0 aliphatic heterocycles. The third-order valence-electron chi connectivity index (χ3n) is 4.13. The molecule has 1 fully saturated rings. The molecular formula is C13H24N4O. The SMILES string of the molecule is CCOC1CC(NC(C)c2nncn2C)C1(C)C. The van der Waals surface area contributed by atoms with E-state index in [2.05, 4.69) is 43.2 Å². The number of hydrogen-bond acceptors (Lipinski definition) is 4. The van der Waals surface area contributed by atoms with Crippen molar-refractivity contribution in [2.45, 2.75) is 52.3 Å². The summed E-state index contributed by atoms with van der Waals surface area (Å²) in [6, 6.07) is 0.685. The van der Waals surface area contributed by atoms with E-state index in [0.29, 0.717) is 12.1 Å².